The summed E-state index contributed by atoms with van der Waals surface area (Å²) in [7, 11) is 0. The van der Waals surface area contributed by atoms with Crippen molar-refractivity contribution in [2.24, 2.45) is 29.1 Å². The molecule has 1 unspecified atom stereocenters. The van der Waals surface area contributed by atoms with Crippen molar-refractivity contribution in [3.8, 4) is 0 Å². The highest BCUT2D eigenvalue weighted by Crippen LogP contribution is 2.57. The maximum Gasteiger partial charge on any atom is 0.235 e. The number of carbonyl (C=O) groups is 2. The molecule has 0 radical (unpaired) electrons. The molecule has 4 rings (SSSR count). The molecule has 0 aromatic heterocycles. The Morgan fingerprint density at radius 1 is 1.18 bits per heavy atom. The van der Waals surface area contributed by atoms with Gasteiger partial charge >= 0.3 is 0 Å². The Morgan fingerprint density at radius 3 is 2.58 bits per heavy atom. The third-order valence-corrected chi connectivity index (χ3v) is 8.34. The molecular formula is C28H37NO4. The van der Waals surface area contributed by atoms with E-state index in [1.54, 1.807) is 6.92 Å². The van der Waals surface area contributed by atoms with Gasteiger partial charge in [0.25, 0.3) is 0 Å². The molecule has 5 heteroatoms. The Bertz CT molecular complexity index is 952. The van der Waals surface area contributed by atoms with Crippen LogP contribution in [0.4, 0.5) is 0 Å². The van der Waals surface area contributed by atoms with Gasteiger partial charge in [-0.25, -0.2) is 0 Å². The SMILES string of the molecule is C=C1[C@@H](C)[C@H]2[C@H](Cc3ccccc3)NC(=O)[C@@]23C(=O)CC[C@](C)(O)CC(C)C/C=C/[C@H]3[C@@H]1O. The molecule has 2 fully saturated rings. The maximum atomic E-state index is 14.0. The van der Waals surface area contributed by atoms with Crippen LogP contribution < -0.4 is 5.32 Å². The van der Waals surface area contributed by atoms with E-state index in [4.69, 9.17) is 0 Å². The van der Waals surface area contributed by atoms with E-state index in [2.05, 4.69) is 18.8 Å². The molecule has 8 atom stereocenters. The Labute approximate surface area is 197 Å². The molecule has 178 valence electrons. The average Bonchev–Trinajstić information content (AvgIpc) is 3.04. The van der Waals surface area contributed by atoms with Crippen molar-refractivity contribution in [2.75, 3.05) is 0 Å². The Balaban J connectivity index is 1.82. The zero-order chi connectivity index (χ0) is 24.0. The van der Waals surface area contributed by atoms with E-state index in [0.717, 1.165) is 5.56 Å². The van der Waals surface area contributed by atoms with Crippen LogP contribution in [0.15, 0.2) is 54.6 Å². The summed E-state index contributed by atoms with van der Waals surface area (Å²) in [6.45, 7) is 10.0. The molecule has 3 aliphatic rings. The monoisotopic (exact) mass is 451 g/mol. The second-order valence-corrected chi connectivity index (χ2v) is 10.9. The standard InChI is InChI=1S/C28H37NO4/c1-17-9-8-12-21-25(31)19(3)18(2)24-22(15-20-10-6-5-7-11-20)29-26(32)28(21,24)23(30)13-14-27(4,33)16-17/h5-8,10-12,17-18,21-22,24-25,31,33H,3,9,13-16H2,1-2,4H3,(H,29,32)/b12-8+/t17?,18-,21+,22+,24+,25-,27+,28+/m1/s1. The number of hydrogen-bond acceptors (Lipinski definition) is 4. The van der Waals surface area contributed by atoms with Gasteiger partial charge in [-0.3, -0.25) is 9.59 Å². The van der Waals surface area contributed by atoms with E-state index < -0.39 is 23.0 Å². The van der Waals surface area contributed by atoms with Gasteiger partial charge in [0.15, 0.2) is 0 Å². The lowest BCUT2D eigenvalue weighted by atomic mass is 9.51. The number of allylic oxidation sites excluding steroid dienone is 1. The third-order valence-electron chi connectivity index (χ3n) is 8.34. The van der Waals surface area contributed by atoms with Crippen molar-refractivity contribution in [2.45, 2.75) is 70.6 Å². The molecule has 1 aliphatic heterocycles. The Hall–Kier alpha value is -2.24. The zero-order valence-corrected chi connectivity index (χ0v) is 20.0. The van der Waals surface area contributed by atoms with Gasteiger partial charge in [0.2, 0.25) is 5.91 Å². The quantitative estimate of drug-likeness (QED) is 0.474. The number of rotatable bonds is 2. The molecule has 1 saturated heterocycles. The second-order valence-electron chi connectivity index (χ2n) is 10.9. The largest absolute Gasteiger partial charge is 0.390 e. The van der Waals surface area contributed by atoms with Crippen LogP contribution in [-0.4, -0.2) is 39.7 Å². The van der Waals surface area contributed by atoms with Crippen LogP contribution in [0.1, 0.15) is 52.0 Å². The van der Waals surface area contributed by atoms with Crippen molar-refractivity contribution in [1.82, 2.24) is 5.32 Å². The number of amides is 1. The van der Waals surface area contributed by atoms with E-state index in [1.165, 1.54) is 0 Å². The summed E-state index contributed by atoms with van der Waals surface area (Å²) in [6, 6.07) is 9.74. The summed E-state index contributed by atoms with van der Waals surface area (Å²) in [4.78, 5) is 27.8. The van der Waals surface area contributed by atoms with Crippen LogP contribution >= 0.6 is 0 Å². The van der Waals surface area contributed by atoms with E-state index in [1.807, 2.05) is 49.4 Å². The highest BCUT2D eigenvalue weighted by atomic mass is 16.3. The first-order chi connectivity index (χ1) is 15.6. The lowest BCUT2D eigenvalue weighted by Crippen LogP contribution is -2.58. The number of benzene rings is 1. The van der Waals surface area contributed by atoms with Crippen molar-refractivity contribution < 1.29 is 19.8 Å². The first-order valence-corrected chi connectivity index (χ1v) is 12.2. The molecule has 5 nitrogen and oxygen atoms in total. The summed E-state index contributed by atoms with van der Waals surface area (Å²) in [5, 5.41) is 25.4. The predicted molar refractivity (Wildman–Crippen MR) is 128 cm³/mol. The molecule has 1 heterocycles. The van der Waals surface area contributed by atoms with Gasteiger partial charge in [0.1, 0.15) is 11.2 Å². The topological polar surface area (TPSA) is 86.6 Å². The molecule has 1 saturated carbocycles. The van der Waals surface area contributed by atoms with Crippen molar-refractivity contribution in [1.29, 1.82) is 0 Å². The summed E-state index contributed by atoms with van der Waals surface area (Å²) in [5.74, 6) is -1.42. The van der Waals surface area contributed by atoms with Gasteiger partial charge in [-0.05, 0) is 55.6 Å². The minimum atomic E-state index is -1.36. The highest BCUT2D eigenvalue weighted by Gasteiger charge is 2.68. The predicted octanol–water partition coefficient (Wildman–Crippen LogP) is 3.60. The van der Waals surface area contributed by atoms with Crippen LogP contribution in [0.3, 0.4) is 0 Å². The molecule has 1 spiro atoms. The normalized spacial score (nSPS) is 42.6. The van der Waals surface area contributed by atoms with E-state index in [0.29, 0.717) is 31.3 Å². The molecule has 3 N–H and O–H groups in total. The molecule has 1 aromatic carbocycles. The average molecular weight is 452 g/mol. The fourth-order valence-corrected chi connectivity index (χ4v) is 6.73. The van der Waals surface area contributed by atoms with Crippen LogP contribution in [0.25, 0.3) is 0 Å². The minimum Gasteiger partial charge on any atom is -0.390 e. The molecule has 1 aromatic rings. The number of aliphatic hydroxyl groups excluding tert-OH is 1. The van der Waals surface area contributed by atoms with E-state index in [-0.39, 0.29) is 41.9 Å². The summed E-state index contributed by atoms with van der Waals surface area (Å²) in [6.07, 6.45) is 5.23. The highest BCUT2D eigenvalue weighted by molar-refractivity contribution is 6.09. The zero-order valence-electron chi connectivity index (χ0n) is 20.0. The van der Waals surface area contributed by atoms with Crippen LogP contribution in [0.5, 0.6) is 0 Å². The molecule has 2 aliphatic carbocycles. The number of hydrogen-bond donors (Lipinski definition) is 3. The van der Waals surface area contributed by atoms with Crippen LogP contribution in [-0.2, 0) is 16.0 Å². The number of nitrogens with one attached hydrogen (secondary N) is 1. The third kappa shape index (κ3) is 4.10. The lowest BCUT2D eigenvalue weighted by Gasteiger charge is -2.49. The fraction of sp³-hybridized carbons (Fsp3) is 0.571. The number of aliphatic hydroxyl groups is 2. The first kappa shape index (κ1) is 23.9. The first-order valence-electron chi connectivity index (χ1n) is 12.2. The summed E-state index contributed by atoms with van der Waals surface area (Å²) >= 11 is 0. The van der Waals surface area contributed by atoms with Crippen molar-refractivity contribution in [3.05, 3.63) is 60.2 Å². The number of ketones is 1. The lowest BCUT2D eigenvalue weighted by molar-refractivity contribution is -0.152. The van der Waals surface area contributed by atoms with Gasteiger partial charge in [-0.2, -0.15) is 0 Å². The number of Topliss-reactive ketones (excluding diaryl/α,β-unsaturated/α-hetero) is 1. The maximum absolute atomic E-state index is 14.0. The Morgan fingerprint density at radius 2 is 1.88 bits per heavy atom. The van der Waals surface area contributed by atoms with Crippen LogP contribution in [0.2, 0.25) is 0 Å². The van der Waals surface area contributed by atoms with E-state index >= 15 is 0 Å². The van der Waals surface area contributed by atoms with Gasteiger partial charge in [0.05, 0.1) is 11.7 Å². The van der Waals surface area contributed by atoms with Gasteiger partial charge in [-0.15, -0.1) is 0 Å². The summed E-state index contributed by atoms with van der Waals surface area (Å²) < 4.78 is 0. The fourth-order valence-electron chi connectivity index (χ4n) is 6.73. The number of carbonyl (C=O) groups excluding carboxylic acids is 2. The second kappa shape index (κ2) is 8.84. The van der Waals surface area contributed by atoms with Gasteiger partial charge in [-0.1, -0.05) is 62.9 Å². The Kier molecular flexibility index (Phi) is 6.41. The van der Waals surface area contributed by atoms with E-state index in [9.17, 15) is 19.8 Å². The van der Waals surface area contributed by atoms with Gasteiger partial charge in [0, 0.05) is 24.3 Å². The van der Waals surface area contributed by atoms with Gasteiger partial charge < -0.3 is 15.5 Å². The summed E-state index contributed by atoms with van der Waals surface area (Å²) in [5.41, 5.74) is -0.561. The van der Waals surface area contributed by atoms with Crippen molar-refractivity contribution in [3.63, 3.8) is 0 Å². The molecule has 1 amide bonds. The molecular weight excluding hydrogens is 414 g/mol. The molecule has 33 heavy (non-hydrogen) atoms. The van der Waals surface area contributed by atoms with Crippen molar-refractivity contribution >= 4 is 11.7 Å². The van der Waals surface area contributed by atoms with Crippen LogP contribution in [0, 0.1) is 29.1 Å². The minimum absolute atomic E-state index is 0.109. The molecule has 0 bridgehead atoms. The smallest absolute Gasteiger partial charge is 0.235 e.